The number of carboxylic acids is 1. The minimum Gasteiger partial charge on any atom is -0.481 e. The largest absolute Gasteiger partial charge is 0.481 e. The highest BCUT2D eigenvalue weighted by atomic mass is 16.4. The molecule has 0 saturated heterocycles. The Morgan fingerprint density at radius 2 is 2.11 bits per heavy atom. The zero-order valence-corrected chi connectivity index (χ0v) is 10.00. The van der Waals surface area contributed by atoms with E-state index < -0.39 is 11.9 Å². The standard InChI is InChI=1S/C14H14N2O2/c1-10(14(17)18)11-5-4-6-12(9-11)16-13-7-2-3-8-15-13/h2-10H,1H3,(H,15,16)(H,17,18). The third-order valence-electron chi connectivity index (χ3n) is 2.69. The fourth-order valence-electron chi connectivity index (χ4n) is 1.61. The second-order valence-corrected chi connectivity index (χ2v) is 4.03. The van der Waals surface area contributed by atoms with Crippen LogP contribution in [0, 0.1) is 0 Å². The number of nitrogens with zero attached hydrogens (tertiary/aromatic N) is 1. The summed E-state index contributed by atoms with van der Waals surface area (Å²) in [7, 11) is 0. The summed E-state index contributed by atoms with van der Waals surface area (Å²) in [6, 6.07) is 12.9. The van der Waals surface area contributed by atoms with E-state index >= 15 is 0 Å². The Bertz CT molecular complexity index is 541. The Morgan fingerprint density at radius 3 is 2.78 bits per heavy atom. The Morgan fingerprint density at radius 1 is 1.28 bits per heavy atom. The first-order valence-corrected chi connectivity index (χ1v) is 5.67. The van der Waals surface area contributed by atoms with Crippen LogP contribution < -0.4 is 5.32 Å². The van der Waals surface area contributed by atoms with Crippen LogP contribution in [0.5, 0.6) is 0 Å². The molecule has 1 atom stereocenters. The molecule has 4 heteroatoms. The lowest BCUT2D eigenvalue weighted by molar-refractivity contribution is -0.138. The van der Waals surface area contributed by atoms with Crippen LogP contribution in [0.15, 0.2) is 48.7 Å². The molecule has 0 saturated carbocycles. The van der Waals surface area contributed by atoms with E-state index in [9.17, 15) is 4.79 Å². The van der Waals surface area contributed by atoms with E-state index in [1.807, 2.05) is 42.5 Å². The monoisotopic (exact) mass is 242 g/mol. The minimum absolute atomic E-state index is 0.518. The van der Waals surface area contributed by atoms with E-state index in [1.54, 1.807) is 13.1 Å². The van der Waals surface area contributed by atoms with Crippen molar-refractivity contribution in [1.29, 1.82) is 0 Å². The molecule has 0 radical (unpaired) electrons. The number of aromatic nitrogens is 1. The number of hydrogen-bond donors (Lipinski definition) is 2. The van der Waals surface area contributed by atoms with Gasteiger partial charge in [0.2, 0.25) is 0 Å². The van der Waals surface area contributed by atoms with Gasteiger partial charge in [0.15, 0.2) is 0 Å². The molecule has 0 spiro atoms. The van der Waals surface area contributed by atoms with Crippen LogP contribution in [-0.2, 0) is 4.79 Å². The number of hydrogen-bond acceptors (Lipinski definition) is 3. The van der Waals surface area contributed by atoms with Crippen molar-refractivity contribution in [1.82, 2.24) is 4.98 Å². The average molecular weight is 242 g/mol. The maximum atomic E-state index is 10.9. The first-order chi connectivity index (χ1) is 8.66. The molecule has 0 bridgehead atoms. The topological polar surface area (TPSA) is 62.2 Å². The maximum absolute atomic E-state index is 10.9. The molecule has 18 heavy (non-hydrogen) atoms. The Labute approximate surface area is 105 Å². The first-order valence-electron chi connectivity index (χ1n) is 5.67. The second kappa shape index (κ2) is 5.31. The summed E-state index contributed by atoms with van der Waals surface area (Å²) < 4.78 is 0. The molecule has 0 aliphatic heterocycles. The van der Waals surface area contributed by atoms with Crippen LogP contribution in [0.3, 0.4) is 0 Å². The zero-order valence-electron chi connectivity index (χ0n) is 10.00. The van der Waals surface area contributed by atoms with Gasteiger partial charge in [0.1, 0.15) is 5.82 Å². The van der Waals surface area contributed by atoms with Crippen molar-refractivity contribution < 1.29 is 9.90 Å². The summed E-state index contributed by atoms with van der Waals surface area (Å²) in [6.07, 6.45) is 1.70. The summed E-state index contributed by atoms with van der Waals surface area (Å²) in [5.74, 6) is -0.613. The third kappa shape index (κ3) is 2.85. The molecule has 4 nitrogen and oxygen atoms in total. The number of aliphatic carboxylic acids is 1. The quantitative estimate of drug-likeness (QED) is 0.865. The van der Waals surface area contributed by atoms with E-state index in [0.717, 1.165) is 17.1 Å². The van der Waals surface area contributed by atoms with Gasteiger partial charge in [-0.1, -0.05) is 18.2 Å². The Balaban J connectivity index is 2.20. The van der Waals surface area contributed by atoms with Crippen LogP contribution in [0.4, 0.5) is 11.5 Å². The van der Waals surface area contributed by atoms with Gasteiger partial charge in [0, 0.05) is 11.9 Å². The van der Waals surface area contributed by atoms with Crippen LogP contribution in [0.25, 0.3) is 0 Å². The zero-order chi connectivity index (χ0) is 13.0. The molecule has 1 unspecified atom stereocenters. The molecule has 1 heterocycles. The van der Waals surface area contributed by atoms with E-state index in [1.165, 1.54) is 0 Å². The highest BCUT2D eigenvalue weighted by Gasteiger charge is 2.13. The molecular weight excluding hydrogens is 228 g/mol. The first kappa shape index (κ1) is 12.1. The number of rotatable bonds is 4. The maximum Gasteiger partial charge on any atom is 0.310 e. The fraction of sp³-hybridized carbons (Fsp3) is 0.143. The van der Waals surface area contributed by atoms with E-state index in [4.69, 9.17) is 5.11 Å². The van der Waals surface area contributed by atoms with Crippen LogP contribution in [0.1, 0.15) is 18.4 Å². The molecule has 0 fully saturated rings. The second-order valence-electron chi connectivity index (χ2n) is 4.03. The lowest BCUT2D eigenvalue weighted by Gasteiger charge is -2.10. The van der Waals surface area contributed by atoms with Gasteiger partial charge in [0.25, 0.3) is 0 Å². The smallest absolute Gasteiger partial charge is 0.310 e. The van der Waals surface area contributed by atoms with Crippen molar-refractivity contribution in [3.63, 3.8) is 0 Å². The van der Waals surface area contributed by atoms with Crippen molar-refractivity contribution in [3.8, 4) is 0 Å². The molecule has 0 aliphatic carbocycles. The molecule has 1 aromatic carbocycles. The molecule has 0 aliphatic rings. The van der Waals surface area contributed by atoms with Gasteiger partial charge >= 0.3 is 5.97 Å². The molecule has 1 aromatic heterocycles. The van der Waals surface area contributed by atoms with Crippen molar-refractivity contribution >= 4 is 17.5 Å². The normalized spacial score (nSPS) is 11.8. The van der Waals surface area contributed by atoms with Crippen LogP contribution >= 0.6 is 0 Å². The number of carbonyl (C=O) groups is 1. The number of benzene rings is 1. The fourth-order valence-corrected chi connectivity index (χ4v) is 1.61. The highest BCUT2D eigenvalue weighted by molar-refractivity contribution is 5.76. The van der Waals surface area contributed by atoms with E-state index in [-0.39, 0.29) is 0 Å². The van der Waals surface area contributed by atoms with E-state index in [0.29, 0.717) is 0 Å². The van der Waals surface area contributed by atoms with E-state index in [2.05, 4.69) is 10.3 Å². The molecule has 92 valence electrons. The molecule has 0 amide bonds. The van der Waals surface area contributed by atoms with Gasteiger partial charge < -0.3 is 10.4 Å². The van der Waals surface area contributed by atoms with Crippen molar-refractivity contribution in [3.05, 3.63) is 54.2 Å². The summed E-state index contributed by atoms with van der Waals surface area (Å²) >= 11 is 0. The lowest BCUT2D eigenvalue weighted by Crippen LogP contribution is -2.07. The van der Waals surface area contributed by atoms with Crippen molar-refractivity contribution in [2.24, 2.45) is 0 Å². The highest BCUT2D eigenvalue weighted by Crippen LogP contribution is 2.21. The number of pyridine rings is 1. The predicted octanol–water partition coefficient (Wildman–Crippen LogP) is 3.01. The predicted molar refractivity (Wildman–Crippen MR) is 70.0 cm³/mol. The summed E-state index contributed by atoms with van der Waals surface area (Å²) in [5.41, 5.74) is 1.60. The summed E-state index contributed by atoms with van der Waals surface area (Å²) in [6.45, 7) is 1.67. The minimum atomic E-state index is -0.829. The third-order valence-corrected chi connectivity index (χ3v) is 2.69. The number of carboxylic acid groups (broad SMARTS) is 1. The summed E-state index contributed by atoms with van der Waals surface area (Å²) in [4.78, 5) is 15.1. The van der Waals surface area contributed by atoms with Crippen molar-refractivity contribution in [2.75, 3.05) is 5.32 Å². The van der Waals surface area contributed by atoms with Gasteiger partial charge in [-0.05, 0) is 36.8 Å². The van der Waals surface area contributed by atoms with Gasteiger partial charge in [-0.25, -0.2) is 4.98 Å². The van der Waals surface area contributed by atoms with Crippen LogP contribution in [0.2, 0.25) is 0 Å². The Hall–Kier alpha value is -2.36. The molecule has 2 rings (SSSR count). The Kier molecular flexibility index (Phi) is 3.57. The van der Waals surface area contributed by atoms with Gasteiger partial charge in [-0.3, -0.25) is 4.79 Å². The van der Waals surface area contributed by atoms with Gasteiger partial charge in [-0.2, -0.15) is 0 Å². The molecule has 2 N–H and O–H groups in total. The molecule has 2 aromatic rings. The SMILES string of the molecule is CC(C(=O)O)c1cccc(Nc2ccccn2)c1. The number of nitrogens with one attached hydrogen (secondary N) is 1. The average Bonchev–Trinajstić information content (AvgIpc) is 2.39. The van der Waals surface area contributed by atoms with Gasteiger partial charge in [-0.15, -0.1) is 0 Å². The lowest BCUT2D eigenvalue weighted by atomic mass is 10.0. The van der Waals surface area contributed by atoms with Crippen LogP contribution in [-0.4, -0.2) is 16.1 Å². The molecular formula is C14H14N2O2. The summed E-state index contributed by atoms with van der Waals surface area (Å²) in [5, 5.41) is 12.1. The number of anilines is 2. The van der Waals surface area contributed by atoms with Gasteiger partial charge in [0.05, 0.1) is 5.92 Å². The van der Waals surface area contributed by atoms with Crippen molar-refractivity contribution in [2.45, 2.75) is 12.8 Å².